The fourth-order valence-corrected chi connectivity index (χ4v) is 3.03. The van der Waals surface area contributed by atoms with Crippen LogP contribution in [0.25, 0.3) is 11.4 Å². The lowest BCUT2D eigenvalue weighted by atomic mass is 9.86. The number of aryl methyl sites for hydroxylation is 1. The summed E-state index contributed by atoms with van der Waals surface area (Å²) in [4.78, 5) is 14.0. The molecule has 7 nitrogen and oxygen atoms in total. The van der Waals surface area contributed by atoms with Gasteiger partial charge in [0, 0.05) is 43.5 Å². The van der Waals surface area contributed by atoms with E-state index < -0.39 is 0 Å². The molecule has 2 N–H and O–H groups in total. The number of likely N-dealkylation sites (N-methyl/N-ethyl adjacent to an activating group) is 2. The topological polar surface area (TPSA) is 73.0 Å². The third-order valence-electron chi connectivity index (χ3n) is 4.94. The molecule has 3 aromatic rings. The first-order valence-corrected chi connectivity index (χ1v) is 10.3. The second-order valence-electron chi connectivity index (χ2n) is 9.05. The van der Waals surface area contributed by atoms with E-state index in [4.69, 9.17) is 9.97 Å². The minimum absolute atomic E-state index is 0.0593. The second kappa shape index (κ2) is 8.83. The molecule has 2 aromatic heterocycles. The summed E-state index contributed by atoms with van der Waals surface area (Å²) in [5, 5.41) is 10.5. The molecule has 0 aliphatic heterocycles. The molecule has 0 amide bonds. The predicted octanol–water partition coefficient (Wildman–Crippen LogP) is 4.21. The highest BCUT2D eigenvalue weighted by atomic mass is 15.2. The summed E-state index contributed by atoms with van der Waals surface area (Å²) in [6.45, 7) is 10.4. The number of anilines is 3. The number of H-pyrrole nitrogens is 1. The number of rotatable bonds is 7. The molecule has 0 fully saturated rings. The average Bonchev–Trinajstić information content (AvgIpc) is 3.09. The largest absolute Gasteiger partial charge is 0.358 e. The van der Waals surface area contributed by atoms with E-state index in [1.54, 1.807) is 0 Å². The molecule has 0 aliphatic carbocycles. The highest BCUT2D eigenvalue weighted by Crippen LogP contribution is 2.28. The molecule has 0 bridgehead atoms. The van der Waals surface area contributed by atoms with Gasteiger partial charge in [-0.1, -0.05) is 39.0 Å². The fourth-order valence-electron chi connectivity index (χ4n) is 3.03. The van der Waals surface area contributed by atoms with Gasteiger partial charge in [-0.25, -0.2) is 9.97 Å². The van der Waals surface area contributed by atoms with Crippen LogP contribution >= 0.6 is 0 Å². The fraction of sp³-hybridized carbons (Fsp3) is 0.435. The Morgan fingerprint density at radius 3 is 2.37 bits per heavy atom. The molecule has 0 atom stereocenters. The van der Waals surface area contributed by atoms with Crippen molar-refractivity contribution in [3.63, 3.8) is 0 Å². The van der Waals surface area contributed by atoms with E-state index in [1.165, 1.54) is 5.56 Å². The van der Waals surface area contributed by atoms with Crippen LogP contribution in [0.5, 0.6) is 0 Å². The lowest BCUT2D eigenvalue weighted by molar-refractivity contribution is 0.416. The maximum Gasteiger partial charge on any atom is 0.163 e. The van der Waals surface area contributed by atoms with E-state index in [2.05, 4.69) is 91.5 Å². The van der Waals surface area contributed by atoms with Crippen LogP contribution in [-0.4, -0.2) is 59.3 Å². The molecule has 30 heavy (non-hydrogen) atoms. The van der Waals surface area contributed by atoms with Crippen molar-refractivity contribution in [3.8, 4) is 11.4 Å². The van der Waals surface area contributed by atoms with E-state index in [9.17, 15) is 0 Å². The number of hydrogen-bond acceptors (Lipinski definition) is 6. The van der Waals surface area contributed by atoms with Gasteiger partial charge in [0.05, 0.1) is 0 Å². The van der Waals surface area contributed by atoms with E-state index in [-0.39, 0.29) is 5.41 Å². The maximum atomic E-state index is 4.88. The third-order valence-corrected chi connectivity index (χ3v) is 4.94. The molecule has 0 saturated heterocycles. The van der Waals surface area contributed by atoms with E-state index in [1.807, 2.05) is 19.1 Å². The SMILES string of the molecule is Cc1cc(Nc2cc(N(C)CCN(C)C)nc(-c3cccc(C(C)(C)C)c3)n2)n[nH]1. The minimum Gasteiger partial charge on any atom is -0.358 e. The number of nitrogens with one attached hydrogen (secondary N) is 2. The van der Waals surface area contributed by atoms with Gasteiger partial charge < -0.3 is 15.1 Å². The Bertz CT molecular complexity index is 985. The molecule has 0 saturated carbocycles. The van der Waals surface area contributed by atoms with Crippen LogP contribution in [0, 0.1) is 6.92 Å². The molecule has 0 radical (unpaired) electrons. The van der Waals surface area contributed by atoms with Crippen LogP contribution in [0.15, 0.2) is 36.4 Å². The van der Waals surface area contributed by atoms with Crippen molar-refractivity contribution in [2.24, 2.45) is 0 Å². The van der Waals surface area contributed by atoms with Crippen molar-refractivity contribution in [3.05, 3.63) is 47.7 Å². The molecule has 7 heteroatoms. The molecule has 3 rings (SSSR count). The first-order chi connectivity index (χ1) is 14.1. The van der Waals surface area contributed by atoms with Crippen molar-refractivity contribution in [1.29, 1.82) is 0 Å². The highest BCUT2D eigenvalue weighted by molar-refractivity contribution is 5.65. The standard InChI is InChI=1S/C23H33N7/c1-16-13-20(28-27-16)24-19-15-21(30(7)12-11-29(5)6)26-22(25-19)17-9-8-10-18(14-17)23(2,3)4/h8-10,13-15H,11-12H2,1-7H3,(H2,24,25,26,27,28). The van der Waals surface area contributed by atoms with E-state index in [0.717, 1.165) is 41.8 Å². The molecule has 1 aromatic carbocycles. The molecular formula is C23H33N7. The Morgan fingerprint density at radius 2 is 1.73 bits per heavy atom. The average molecular weight is 408 g/mol. The Labute approximate surface area is 179 Å². The molecule has 2 heterocycles. The van der Waals surface area contributed by atoms with Gasteiger partial charge in [-0.15, -0.1) is 0 Å². The van der Waals surface area contributed by atoms with Crippen molar-refractivity contribution in [2.45, 2.75) is 33.1 Å². The number of benzene rings is 1. The van der Waals surface area contributed by atoms with Gasteiger partial charge >= 0.3 is 0 Å². The van der Waals surface area contributed by atoms with Crippen molar-refractivity contribution >= 4 is 17.5 Å². The Balaban J connectivity index is 2.00. The molecule has 0 spiro atoms. The molecule has 0 aliphatic rings. The maximum absolute atomic E-state index is 4.88. The van der Waals surface area contributed by atoms with Crippen LogP contribution in [0.2, 0.25) is 0 Å². The number of nitrogens with zero attached hydrogens (tertiary/aromatic N) is 5. The first kappa shape index (κ1) is 21.8. The summed E-state index contributed by atoms with van der Waals surface area (Å²) < 4.78 is 0. The Hall–Kier alpha value is -2.93. The van der Waals surface area contributed by atoms with Gasteiger partial charge in [0.2, 0.25) is 0 Å². The van der Waals surface area contributed by atoms with Crippen molar-refractivity contribution in [2.75, 3.05) is 44.4 Å². The summed E-state index contributed by atoms with van der Waals surface area (Å²) in [5.74, 6) is 3.03. The Kier molecular flexibility index (Phi) is 6.41. The van der Waals surface area contributed by atoms with E-state index >= 15 is 0 Å². The summed E-state index contributed by atoms with van der Waals surface area (Å²) in [7, 11) is 6.21. The van der Waals surface area contributed by atoms with Gasteiger partial charge in [-0.2, -0.15) is 5.10 Å². The molecular weight excluding hydrogens is 374 g/mol. The van der Waals surface area contributed by atoms with Crippen LogP contribution in [0.3, 0.4) is 0 Å². The van der Waals surface area contributed by atoms with Gasteiger partial charge in [0.15, 0.2) is 11.6 Å². The Morgan fingerprint density at radius 1 is 0.967 bits per heavy atom. The smallest absolute Gasteiger partial charge is 0.163 e. The van der Waals surface area contributed by atoms with Crippen LogP contribution in [-0.2, 0) is 5.41 Å². The zero-order chi connectivity index (χ0) is 21.9. The monoisotopic (exact) mass is 407 g/mol. The number of aromatic nitrogens is 4. The lowest BCUT2D eigenvalue weighted by Gasteiger charge is -2.22. The molecule has 0 unspecified atom stereocenters. The van der Waals surface area contributed by atoms with Crippen molar-refractivity contribution in [1.82, 2.24) is 25.1 Å². The van der Waals surface area contributed by atoms with Gasteiger partial charge in [-0.05, 0) is 38.1 Å². The van der Waals surface area contributed by atoms with Crippen molar-refractivity contribution < 1.29 is 0 Å². The number of hydrogen-bond donors (Lipinski definition) is 2. The summed E-state index contributed by atoms with van der Waals surface area (Å²) in [6.07, 6.45) is 0. The van der Waals surface area contributed by atoms with Crippen LogP contribution in [0.4, 0.5) is 17.5 Å². The summed E-state index contributed by atoms with van der Waals surface area (Å²) >= 11 is 0. The van der Waals surface area contributed by atoms with Crippen LogP contribution in [0.1, 0.15) is 32.0 Å². The molecule has 160 valence electrons. The zero-order valence-electron chi connectivity index (χ0n) is 19.1. The summed E-state index contributed by atoms with van der Waals surface area (Å²) in [6, 6.07) is 12.4. The zero-order valence-corrected chi connectivity index (χ0v) is 19.1. The second-order valence-corrected chi connectivity index (χ2v) is 9.05. The minimum atomic E-state index is 0.0593. The van der Waals surface area contributed by atoms with Gasteiger partial charge in [0.1, 0.15) is 11.6 Å². The third kappa shape index (κ3) is 5.57. The van der Waals surface area contributed by atoms with Crippen LogP contribution < -0.4 is 10.2 Å². The quantitative estimate of drug-likeness (QED) is 0.611. The highest BCUT2D eigenvalue weighted by Gasteiger charge is 2.16. The predicted molar refractivity (Wildman–Crippen MR) is 125 cm³/mol. The lowest BCUT2D eigenvalue weighted by Crippen LogP contribution is -2.29. The number of aromatic amines is 1. The first-order valence-electron chi connectivity index (χ1n) is 10.3. The van der Waals surface area contributed by atoms with Gasteiger partial charge in [-0.3, -0.25) is 5.10 Å². The van der Waals surface area contributed by atoms with E-state index in [0.29, 0.717) is 5.82 Å². The van der Waals surface area contributed by atoms with Gasteiger partial charge in [0.25, 0.3) is 0 Å². The normalized spacial score (nSPS) is 11.7. The summed E-state index contributed by atoms with van der Waals surface area (Å²) in [5.41, 5.74) is 3.32.